The van der Waals surface area contributed by atoms with Crippen LogP contribution in [0, 0.1) is 12.3 Å². The van der Waals surface area contributed by atoms with Crippen molar-refractivity contribution in [3.05, 3.63) is 0 Å². The maximum Gasteiger partial charge on any atom is 0.347 e. The van der Waals surface area contributed by atoms with Crippen molar-refractivity contribution < 1.29 is 19.5 Å². The van der Waals surface area contributed by atoms with E-state index in [0.717, 1.165) is 6.92 Å². The molecule has 0 spiro atoms. The minimum Gasteiger partial charge on any atom is -0.478 e. The van der Waals surface area contributed by atoms with Crippen LogP contribution in [0.25, 0.3) is 0 Å². The molecule has 0 saturated heterocycles. The van der Waals surface area contributed by atoms with Crippen LogP contribution < -0.4 is 10.6 Å². The molecule has 0 aromatic heterocycles. The molecule has 0 aliphatic carbocycles. The number of carbonyl (C=O) groups is 3. The lowest BCUT2D eigenvalue weighted by molar-refractivity contribution is -0.144. The molecule has 0 aromatic rings. The summed E-state index contributed by atoms with van der Waals surface area (Å²) in [7, 11) is 0. The van der Waals surface area contributed by atoms with Crippen LogP contribution >= 0.6 is 0 Å². The highest BCUT2D eigenvalue weighted by Gasteiger charge is 2.19. The Labute approximate surface area is 74.3 Å². The molecule has 3 N–H and O–H groups in total. The minimum atomic E-state index is -1.49. The van der Waals surface area contributed by atoms with Crippen LogP contribution in [0.3, 0.4) is 0 Å². The van der Waals surface area contributed by atoms with E-state index in [2.05, 4.69) is 6.42 Å². The number of amides is 2. The fourth-order valence-electron chi connectivity index (χ4n) is 0.536. The first-order valence-corrected chi connectivity index (χ1v) is 3.24. The second-order valence-electron chi connectivity index (χ2n) is 2.09. The molecule has 0 fully saturated rings. The van der Waals surface area contributed by atoms with Gasteiger partial charge in [0.1, 0.15) is 0 Å². The van der Waals surface area contributed by atoms with Crippen LogP contribution in [-0.2, 0) is 14.4 Å². The van der Waals surface area contributed by atoms with Crippen molar-refractivity contribution in [1.29, 1.82) is 0 Å². The second-order valence-corrected chi connectivity index (χ2v) is 2.09. The summed E-state index contributed by atoms with van der Waals surface area (Å²) in [6.45, 7) is 1.12. The van der Waals surface area contributed by atoms with Gasteiger partial charge in [-0.1, -0.05) is 0 Å². The molecule has 0 aliphatic heterocycles. The largest absolute Gasteiger partial charge is 0.478 e. The highest BCUT2D eigenvalue weighted by atomic mass is 16.4. The molecule has 6 heteroatoms. The van der Waals surface area contributed by atoms with E-state index in [-0.39, 0.29) is 0 Å². The van der Waals surface area contributed by atoms with Crippen molar-refractivity contribution in [2.45, 2.75) is 13.1 Å². The number of terminal acetylenes is 1. The first-order valence-electron chi connectivity index (χ1n) is 3.24. The van der Waals surface area contributed by atoms with Gasteiger partial charge in [-0.25, -0.2) is 4.79 Å². The van der Waals surface area contributed by atoms with E-state index < -0.39 is 23.9 Å². The monoisotopic (exact) mass is 184 g/mol. The number of carboxylic acids is 1. The van der Waals surface area contributed by atoms with Gasteiger partial charge in [0.05, 0.1) is 0 Å². The molecule has 0 heterocycles. The maximum absolute atomic E-state index is 10.5. The highest BCUT2D eigenvalue weighted by Crippen LogP contribution is 1.78. The number of aliphatic carboxylic acids is 1. The van der Waals surface area contributed by atoms with Crippen LogP contribution in [0.5, 0.6) is 0 Å². The molecule has 1 unspecified atom stereocenters. The number of nitrogens with one attached hydrogen (secondary N) is 2. The van der Waals surface area contributed by atoms with Gasteiger partial charge in [-0.15, -0.1) is 6.42 Å². The lowest BCUT2D eigenvalue weighted by Crippen LogP contribution is -2.52. The molecular formula is C7H8N2O4. The Bertz CT molecular complexity index is 279. The van der Waals surface area contributed by atoms with Crippen molar-refractivity contribution in [1.82, 2.24) is 10.6 Å². The smallest absolute Gasteiger partial charge is 0.347 e. The zero-order valence-corrected chi connectivity index (χ0v) is 6.83. The second kappa shape index (κ2) is 4.77. The van der Waals surface area contributed by atoms with Crippen LogP contribution in [0.1, 0.15) is 6.92 Å². The zero-order chi connectivity index (χ0) is 10.4. The third kappa shape index (κ3) is 4.42. The summed E-state index contributed by atoms with van der Waals surface area (Å²) in [5.41, 5.74) is 0. The number of carbonyl (C=O) groups excluding carboxylic acids is 2. The van der Waals surface area contributed by atoms with Gasteiger partial charge in [0.25, 0.3) is 5.91 Å². The van der Waals surface area contributed by atoms with E-state index in [9.17, 15) is 14.4 Å². The molecule has 6 nitrogen and oxygen atoms in total. The predicted molar refractivity (Wildman–Crippen MR) is 42.2 cm³/mol. The Morgan fingerprint density at radius 1 is 1.38 bits per heavy atom. The molecule has 0 aliphatic rings. The lowest BCUT2D eigenvalue weighted by Gasteiger charge is -2.12. The molecule has 2 amide bonds. The van der Waals surface area contributed by atoms with E-state index in [0.29, 0.717) is 0 Å². The number of carboxylic acid groups (broad SMARTS) is 1. The highest BCUT2D eigenvalue weighted by molar-refractivity contribution is 5.96. The van der Waals surface area contributed by atoms with Crippen LogP contribution in [-0.4, -0.2) is 29.1 Å². The first-order chi connectivity index (χ1) is 5.97. The third-order valence-electron chi connectivity index (χ3n) is 1.00. The van der Waals surface area contributed by atoms with Crippen LogP contribution in [0.15, 0.2) is 0 Å². The van der Waals surface area contributed by atoms with E-state index in [1.807, 2.05) is 10.6 Å². The maximum atomic E-state index is 10.5. The standard InChI is InChI=1S/C7H8N2O4/c1-3-5(11)9-6(7(12)13)8-4(2)10/h1,6H,2H3,(H,8,10)(H,9,11)(H,12,13). The van der Waals surface area contributed by atoms with Gasteiger partial charge < -0.3 is 15.7 Å². The normalized spacial score (nSPS) is 10.8. The first kappa shape index (κ1) is 11.0. The quantitative estimate of drug-likeness (QED) is 0.359. The van der Waals surface area contributed by atoms with Crippen molar-refractivity contribution in [3.63, 3.8) is 0 Å². The molecule has 70 valence electrons. The molecule has 1 atom stereocenters. The molecule has 0 rings (SSSR count). The van der Waals surface area contributed by atoms with E-state index in [1.165, 1.54) is 0 Å². The molecule has 0 radical (unpaired) electrons. The zero-order valence-electron chi connectivity index (χ0n) is 6.83. The van der Waals surface area contributed by atoms with Gasteiger partial charge in [-0.3, -0.25) is 9.59 Å². The summed E-state index contributed by atoms with van der Waals surface area (Å²) in [4.78, 5) is 31.4. The minimum absolute atomic E-state index is 0.579. The summed E-state index contributed by atoms with van der Waals surface area (Å²) in [6, 6.07) is 0. The van der Waals surface area contributed by atoms with Gasteiger partial charge in [0, 0.05) is 6.92 Å². The summed E-state index contributed by atoms with van der Waals surface area (Å²) in [5, 5.41) is 12.3. The molecular weight excluding hydrogens is 176 g/mol. The van der Waals surface area contributed by atoms with E-state index in [4.69, 9.17) is 5.11 Å². The van der Waals surface area contributed by atoms with Crippen molar-refractivity contribution in [2.75, 3.05) is 0 Å². The van der Waals surface area contributed by atoms with Gasteiger partial charge in [0.2, 0.25) is 12.1 Å². The average Bonchev–Trinajstić information content (AvgIpc) is 2.02. The van der Waals surface area contributed by atoms with Gasteiger partial charge in [-0.2, -0.15) is 0 Å². The number of rotatable bonds is 3. The summed E-state index contributed by atoms with van der Waals surface area (Å²) < 4.78 is 0. The summed E-state index contributed by atoms with van der Waals surface area (Å²) in [5.74, 6) is -1.21. The summed E-state index contributed by atoms with van der Waals surface area (Å²) >= 11 is 0. The predicted octanol–water partition coefficient (Wildman–Crippen LogP) is -1.72. The molecule has 13 heavy (non-hydrogen) atoms. The van der Waals surface area contributed by atoms with E-state index >= 15 is 0 Å². The Morgan fingerprint density at radius 3 is 2.23 bits per heavy atom. The molecule has 0 aromatic carbocycles. The van der Waals surface area contributed by atoms with Gasteiger partial charge in [0.15, 0.2) is 0 Å². The fraction of sp³-hybridized carbons (Fsp3) is 0.286. The van der Waals surface area contributed by atoms with Crippen LogP contribution in [0.4, 0.5) is 0 Å². The Kier molecular flexibility index (Phi) is 4.02. The fourth-order valence-corrected chi connectivity index (χ4v) is 0.536. The third-order valence-corrected chi connectivity index (χ3v) is 1.00. The number of hydrogen-bond donors (Lipinski definition) is 3. The van der Waals surface area contributed by atoms with Crippen molar-refractivity contribution >= 4 is 17.8 Å². The average molecular weight is 184 g/mol. The topological polar surface area (TPSA) is 95.5 Å². The van der Waals surface area contributed by atoms with Crippen molar-refractivity contribution in [2.24, 2.45) is 0 Å². The Morgan fingerprint density at radius 2 is 1.92 bits per heavy atom. The van der Waals surface area contributed by atoms with Gasteiger partial charge >= 0.3 is 5.97 Å². The van der Waals surface area contributed by atoms with E-state index in [1.54, 1.807) is 5.92 Å². The molecule has 0 saturated carbocycles. The van der Waals surface area contributed by atoms with Crippen LogP contribution in [0.2, 0.25) is 0 Å². The number of hydrogen-bond acceptors (Lipinski definition) is 3. The Hall–Kier alpha value is -2.03. The lowest BCUT2D eigenvalue weighted by atomic mass is 10.4. The Balaban J connectivity index is 4.28. The molecule has 0 bridgehead atoms. The van der Waals surface area contributed by atoms with Gasteiger partial charge in [-0.05, 0) is 5.92 Å². The van der Waals surface area contributed by atoms with Crippen molar-refractivity contribution in [3.8, 4) is 12.3 Å². The summed E-state index contributed by atoms with van der Waals surface area (Å²) in [6.07, 6.45) is 3.20. The SMILES string of the molecule is C#CC(=O)NC(NC(C)=O)C(=O)O.